The third-order valence-electron chi connectivity index (χ3n) is 3.44. The van der Waals surface area contributed by atoms with E-state index >= 15 is 0 Å². The highest BCUT2D eigenvalue weighted by Crippen LogP contribution is 2.34. The molecule has 0 amide bonds. The van der Waals surface area contributed by atoms with Crippen molar-refractivity contribution < 1.29 is 13.2 Å². The Bertz CT molecular complexity index is 282. The number of aliphatic imine (C=N–C) groups is 1. The fourth-order valence-electron chi connectivity index (χ4n) is 2.58. The maximum Gasteiger partial charge on any atom is 0.408 e. The summed E-state index contributed by atoms with van der Waals surface area (Å²) in [5.41, 5.74) is 0. The second-order valence-corrected chi connectivity index (χ2v) is 4.72. The predicted molar refractivity (Wildman–Crippen MR) is 59.9 cm³/mol. The molecule has 98 valence electrons. The van der Waals surface area contributed by atoms with Crippen molar-refractivity contribution in [1.82, 2.24) is 10.6 Å². The van der Waals surface area contributed by atoms with Gasteiger partial charge in [0.05, 0.1) is 6.54 Å². The van der Waals surface area contributed by atoms with Crippen LogP contribution in [0.3, 0.4) is 0 Å². The first kappa shape index (κ1) is 12.5. The molecule has 0 aromatic heterocycles. The average molecular weight is 249 g/mol. The number of halogens is 3. The largest absolute Gasteiger partial charge is 0.408 e. The van der Waals surface area contributed by atoms with E-state index in [-0.39, 0.29) is 5.92 Å². The van der Waals surface area contributed by atoms with Crippen molar-refractivity contribution in [3.05, 3.63) is 0 Å². The van der Waals surface area contributed by atoms with Crippen LogP contribution in [0.15, 0.2) is 4.99 Å². The highest BCUT2D eigenvalue weighted by molar-refractivity contribution is 5.81. The van der Waals surface area contributed by atoms with Gasteiger partial charge in [0.2, 0.25) is 0 Å². The lowest BCUT2D eigenvalue weighted by Crippen LogP contribution is -2.53. The fraction of sp³-hybridized carbons (Fsp3) is 0.909. The van der Waals surface area contributed by atoms with Gasteiger partial charge in [0.15, 0.2) is 5.96 Å². The molecule has 1 aliphatic carbocycles. The minimum Gasteiger partial charge on any atom is -0.355 e. The van der Waals surface area contributed by atoms with Crippen molar-refractivity contribution in [1.29, 1.82) is 0 Å². The Morgan fingerprint density at radius 2 is 1.94 bits per heavy atom. The van der Waals surface area contributed by atoms with Gasteiger partial charge in [-0.3, -0.25) is 4.99 Å². The van der Waals surface area contributed by atoms with Crippen molar-refractivity contribution in [3.8, 4) is 0 Å². The van der Waals surface area contributed by atoms with Gasteiger partial charge >= 0.3 is 6.18 Å². The molecule has 1 saturated carbocycles. The van der Waals surface area contributed by atoms with Crippen molar-refractivity contribution in [3.63, 3.8) is 0 Å². The van der Waals surface area contributed by atoms with Crippen LogP contribution in [0.25, 0.3) is 0 Å². The third-order valence-corrected chi connectivity index (χ3v) is 3.44. The number of rotatable bonds is 2. The van der Waals surface area contributed by atoms with Gasteiger partial charge in [0, 0.05) is 6.54 Å². The Kier molecular flexibility index (Phi) is 3.79. The standard InChI is InChI=1S/C11H18F3N3/c12-11(13,14)9(8-4-2-1-3-5-8)17-10-15-6-7-16-10/h8-9H,1-7H2,(H2,15,16,17). The van der Waals surface area contributed by atoms with Gasteiger partial charge in [-0.25, -0.2) is 0 Å². The van der Waals surface area contributed by atoms with E-state index < -0.39 is 12.2 Å². The molecule has 1 fully saturated rings. The van der Waals surface area contributed by atoms with Crippen LogP contribution in [-0.4, -0.2) is 31.3 Å². The van der Waals surface area contributed by atoms with Crippen LogP contribution >= 0.6 is 0 Å². The van der Waals surface area contributed by atoms with Gasteiger partial charge in [-0.15, -0.1) is 0 Å². The normalized spacial score (nSPS) is 24.1. The second kappa shape index (κ2) is 5.14. The van der Waals surface area contributed by atoms with Crippen molar-refractivity contribution >= 4 is 5.96 Å². The Labute approximate surface area is 98.9 Å². The summed E-state index contributed by atoms with van der Waals surface area (Å²) < 4.78 is 39.0. The van der Waals surface area contributed by atoms with E-state index in [2.05, 4.69) is 15.6 Å². The summed E-state index contributed by atoms with van der Waals surface area (Å²) in [7, 11) is 0. The van der Waals surface area contributed by atoms with Crippen LogP contribution < -0.4 is 10.6 Å². The molecule has 17 heavy (non-hydrogen) atoms. The van der Waals surface area contributed by atoms with Crippen LogP contribution in [0.5, 0.6) is 0 Å². The minimum atomic E-state index is -4.20. The SMILES string of the molecule is FC(F)(F)C(NC1=NCCN1)C1CCCCC1. The van der Waals surface area contributed by atoms with Crippen LogP contribution in [-0.2, 0) is 0 Å². The average Bonchev–Trinajstić information content (AvgIpc) is 2.78. The molecule has 2 rings (SSSR count). The molecule has 1 heterocycles. The van der Waals surface area contributed by atoms with E-state index in [1.807, 2.05) is 0 Å². The second-order valence-electron chi connectivity index (χ2n) is 4.72. The molecule has 1 atom stereocenters. The summed E-state index contributed by atoms with van der Waals surface area (Å²) in [6.07, 6.45) is -0.0261. The summed E-state index contributed by atoms with van der Waals surface area (Å²) >= 11 is 0. The Morgan fingerprint density at radius 3 is 2.47 bits per heavy atom. The topological polar surface area (TPSA) is 36.4 Å². The maximum absolute atomic E-state index is 13.0. The van der Waals surface area contributed by atoms with Crippen molar-refractivity contribution in [2.45, 2.75) is 44.3 Å². The number of nitrogens with zero attached hydrogens (tertiary/aromatic N) is 1. The molecule has 3 nitrogen and oxygen atoms in total. The van der Waals surface area contributed by atoms with E-state index in [1.165, 1.54) is 0 Å². The molecule has 0 saturated heterocycles. The lowest BCUT2D eigenvalue weighted by Gasteiger charge is -2.32. The Balaban J connectivity index is 2.01. The highest BCUT2D eigenvalue weighted by Gasteiger charge is 2.45. The lowest BCUT2D eigenvalue weighted by atomic mass is 9.83. The van der Waals surface area contributed by atoms with E-state index in [0.29, 0.717) is 31.9 Å². The summed E-state index contributed by atoms with van der Waals surface area (Å²) in [6.45, 7) is 1.18. The van der Waals surface area contributed by atoms with Crippen LogP contribution in [0.4, 0.5) is 13.2 Å². The molecular formula is C11H18F3N3. The minimum absolute atomic E-state index is 0.304. The molecule has 0 aromatic rings. The number of hydrogen-bond acceptors (Lipinski definition) is 3. The van der Waals surface area contributed by atoms with Gasteiger partial charge < -0.3 is 10.6 Å². The maximum atomic E-state index is 13.0. The van der Waals surface area contributed by atoms with E-state index in [4.69, 9.17) is 0 Å². The summed E-state index contributed by atoms with van der Waals surface area (Å²) in [5.74, 6) is -0.00764. The zero-order chi connectivity index (χ0) is 12.3. The van der Waals surface area contributed by atoms with E-state index in [0.717, 1.165) is 19.3 Å². The van der Waals surface area contributed by atoms with E-state index in [9.17, 15) is 13.2 Å². The molecule has 0 aromatic carbocycles. The molecule has 0 radical (unpaired) electrons. The predicted octanol–water partition coefficient (Wildman–Crippen LogP) is 2.05. The zero-order valence-corrected chi connectivity index (χ0v) is 9.69. The summed E-state index contributed by atoms with van der Waals surface area (Å²) in [6, 6.07) is -1.45. The molecule has 1 unspecified atom stereocenters. The molecular weight excluding hydrogens is 231 g/mol. The Morgan fingerprint density at radius 1 is 1.24 bits per heavy atom. The van der Waals surface area contributed by atoms with Gasteiger partial charge in [-0.05, 0) is 18.8 Å². The first-order valence-electron chi connectivity index (χ1n) is 6.19. The molecule has 1 aliphatic heterocycles. The van der Waals surface area contributed by atoms with Gasteiger partial charge in [0.25, 0.3) is 0 Å². The van der Waals surface area contributed by atoms with Gasteiger partial charge in [-0.2, -0.15) is 13.2 Å². The quantitative estimate of drug-likeness (QED) is 0.785. The van der Waals surface area contributed by atoms with Crippen molar-refractivity contribution in [2.75, 3.05) is 13.1 Å². The monoisotopic (exact) mass is 249 g/mol. The molecule has 0 spiro atoms. The zero-order valence-electron chi connectivity index (χ0n) is 9.69. The van der Waals surface area contributed by atoms with Crippen LogP contribution in [0.1, 0.15) is 32.1 Å². The molecule has 6 heteroatoms. The first-order valence-corrected chi connectivity index (χ1v) is 6.19. The molecule has 2 N–H and O–H groups in total. The van der Waals surface area contributed by atoms with Crippen molar-refractivity contribution in [2.24, 2.45) is 10.9 Å². The fourth-order valence-corrected chi connectivity index (χ4v) is 2.58. The Hall–Kier alpha value is -0.940. The van der Waals surface area contributed by atoms with Gasteiger partial charge in [-0.1, -0.05) is 19.3 Å². The number of nitrogens with one attached hydrogen (secondary N) is 2. The lowest BCUT2D eigenvalue weighted by molar-refractivity contribution is -0.166. The molecule has 2 aliphatic rings. The number of alkyl halides is 3. The first-order chi connectivity index (χ1) is 8.07. The summed E-state index contributed by atoms with van der Waals surface area (Å²) in [4.78, 5) is 3.98. The molecule has 0 bridgehead atoms. The summed E-state index contributed by atoms with van der Waals surface area (Å²) in [5, 5.41) is 5.38. The van der Waals surface area contributed by atoms with Gasteiger partial charge in [0.1, 0.15) is 6.04 Å². The third kappa shape index (κ3) is 3.26. The number of guanidine groups is 1. The van der Waals surface area contributed by atoms with E-state index in [1.54, 1.807) is 0 Å². The smallest absolute Gasteiger partial charge is 0.355 e. The highest BCUT2D eigenvalue weighted by atomic mass is 19.4. The van der Waals surface area contributed by atoms with Crippen LogP contribution in [0.2, 0.25) is 0 Å². The van der Waals surface area contributed by atoms with Crippen LogP contribution in [0, 0.1) is 5.92 Å². The number of hydrogen-bond donors (Lipinski definition) is 2.